The fourth-order valence-electron chi connectivity index (χ4n) is 1.50. The van der Waals surface area contributed by atoms with Crippen LogP contribution >= 0.6 is 45.5 Å². The molecule has 18 heavy (non-hydrogen) atoms. The van der Waals surface area contributed by atoms with E-state index < -0.39 is 0 Å². The maximum atomic E-state index is 11.8. The Morgan fingerprint density at radius 3 is 2.67 bits per heavy atom. The van der Waals surface area contributed by atoms with Crippen LogP contribution in [-0.4, -0.2) is 12.5 Å². The molecule has 1 amide bonds. The number of carbonyl (C=O) groups excluding carboxylic acids is 1. The average molecular weight is 392 g/mol. The van der Waals surface area contributed by atoms with Crippen molar-refractivity contribution in [2.24, 2.45) is 0 Å². The van der Waals surface area contributed by atoms with Gasteiger partial charge in [0.1, 0.15) is 0 Å². The molecule has 5 heteroatoms. The molecule has 0 saturated heterocycles. The summed E-state index contributed by atoms with van der Waals surface area (Å²) >= 11 is 9.59. The minimum Gasteiger partial charge on any atom is -0.352 e. The maximum absolute atomic E-state index is 11.8. The van der Waals surface area contributed by atoms with E-state index in [1.54, 1.807) is 11.3 Å². The van der Waals surface area contributed by atoms with Crippen molar-refractivity contribution < 1.29 is 4.79 Å². The Labute approximate surface area is 129 Å². The van der Waals surface area contributed by atoms with Crippen molar-refractivity contribution in [2.75, 3.05) is 6.54 Å². The van der Waals surface area contributed by atoms with E-state index >= 15 is 0 Å². The van der Waals surface area contributed by atoms with E-state index in [9.17, 15) is 4.79 Å². The third kappa shape index (κ3) is 3.96. The van der Waals surface area contributed by atoms with Gasteiger partial charge in [-0.05, 0) is 52.8 Å². The number of halogens is 2. The minimum absolute atomic E-state index is 0.0110. The van der Waals surface area contributed by atoms with Crippen molar-refractivity contribution in [3.05, 3.63) is 54.7 Å². The van der Waals surface area contributed by atoms with E-state index in [4.69, 9.17) is 11.6 Å². The lowest BCUT2D eigenvalue weighted by atomic mass is 10.1. The van der Waals surface area contributed by atoms with E-state index in [1.807, 2.05) is 35.7 Å². The first-order valence-corrected chi connectivity index (χ1v) is 7.75. The molecular formula is C13H11ClINOS. The number of amides is 1. The highest BCUT2D eigenvalue weighted by molar-refractivity contribution is 14.1. The minimum atomic E-state index is -0.0110. The van der Waals surface area contributed by atoms with Gasteiger partial charge < -0.3 is 5.32 Å². The third-order valence-corrected chi connectivity index (χ3v) is 4.48. The van der Waals surface area contributed by atoms with Gasteiger partial charge in [-0.3, -0.25) is 4.79 Å². The number of hydrogen-bond donors (Lipinski definition) is 1. The molecule has 94 valence electrons. The van der Waals surface area contributed by atoms with Crippen LogP contribution in [0.25, 0.3) is 0 Å². The zero-order chi connectivity index (χ0) is 13.0. The van der Waals surface area contributed by atoms with Gasteiger partial charge >= 0.3 is 0 Å². The number of thiophene rings is 1. The van der Waals surface area contributed by atoms with Gasteiger partial charge in [0.05, 0.1) is 8.45 Å². The van der Waals surface area contributed by atoms with Crippen LogP contribution in [0.1, 0.15) is 15.9 Å². The topological polar surface area (TPSA) is 29.1 Å². The van der Waals surface area contributed by atoms with Crippen molar-refractivity contribution in [2.45, 2.75) is 6.42 Å². The lowest BCUT2D eigenvalue weighted by Crippen LogP contribution is -2.25. The Bertz CT molecular complexity index is 538. The summed E-state index contributed by atoms with van der Waals surface area (Å²) in [7, 11) is 0. The molecule has 0 aliphatic heterocycles. The first kappa shape index (κ1) is 13.8. The third-order valence-electron chi connectivity index (χ3n) is 2.44. The second-order valence-electron chi connectivity index (χ2n) is 3.77. The van der Waals surface area contributed by atoms with E-state index in [0.29, 0.717) is 6.54 Å². The van der Waals surface area contributed by atoms with Crippen LogP contribution in [0.4, 0.5) is 0 Å². The van der Waals surface area contributed by atoms with Gasteiger partial charge in [0.2, 0.25) is 0 Å². The highest BCUT2D eigenvalue weighted by Crippen LogP contribution is 2.16. The summed E-state index contributed by atoms with van der Waals surface area (Å²) in [6.45, 7) is 0.632. The van der Waals surface area contributed by atoms with Crippen LogP contribution in [-0.2, 0) is 6.42 Å². The molecule has 0 radical (unpaired) electrons. The van der Waals surface area contributed by atoms with Crippen LogP contribution in [0.2, 0.25) is 5.02 Å². The molecule has 0 atom stereocenters. The quantitative estimate of drug-likeness (QED) is 0.785. The van der Waals surface area contributed by atoms with Crippen molar-refractivity contribution >= 4 is 51.4 Å². The van der Waals surface area contributed by atoms with Crippen molar-refractivity contribution in [1.29, 1.82) is 0 Å². The Balaban J connectivity index is 1.82. The van der Waals surface area contributed by atoms with Crippen molar-refractivity contribution in [3.8, 4) is 0 Å². The molecule has 1 heterocycles. The zero-order valence-corrected chi connectivity index (χ0v) is 13.2. The van der Waals surface area contributed by atoms with E-state index in [0.717, 1.165) is 19.9 Å². The molecule has 1 N–H and O–H groups in total. The fourth-order valence-corrected chi connectivity index (χ4v) is 2.96. The number of rotatable bonds is 4. The van der Waals surface area contributed by atoms with Crippen LogP contribution in [0.15, 0.2) is 35.7 Å². The largest absolute Gasteiger partial charge is 0.352 e. The average Bonchev–Trinajstić information content (AvgIpc) is 2.78. The first-order valence-electron chi connectivity index (χ1n) is 5.42. The molecule has 0 fully saturated rings. The molecule has 0 spiro atoms. The molecule has 1 aromatic heterocycles. The molecule has 0 aliphatic rings. The van der Waals surface area contributed by atoms with Crippen LogP contribution in [0.5, 0.6) is 0 Å². The highest BCUT2D eigenvalue weighted by Gasteiger charge is 2.06. The predicted molar refractivity (Wildman–Crippen MR) is 84.5 cm³/mol. The standard InChI is InChI=1S/C13H11ClINOS/c14-11-3-1-9(2-4-11)5-6-16-13(17)10-7-12(15)18-8-10/h1-4,7-8H,5-6H2,(H,16,17). The predicted octanol–water partition coefficient (Wildman–Crippen LogP) is 3.98. The SMILES string of the molecule is O=C(NCCc1ccc(Cl)cc1)c1csc(I)c1. The normalized spacial score (nSPS) is 10.3. The van der Waals surface area contributed by atoms with E-state index in [-0.39, 0.29) is 5.91 Å². The van der Waals surface area contributed by atoms with Crippen LogP contribution in [0.3, 0.4) is 0 Å². The zero-order valence-electron chi connectivity index (χ0n) is 9.45. The van der Waals surface area contributed by atoms with Gasteiger partial charge in [0, 0.05) is 16.9 Å². The van der Waals surface area contributed by atoms with Crippen LogP contribution in [0, 0.1) is 2.88 Å². The summed E-state index contributed by atoms with van der Waals surface area (Å²) in [4.78, 5) is 11.8. The molecule has 0 saturated carbocycles. The summed E-state index contributed by atoms with van der Waals surface area (Å²) in [6, 6.07) is 9.56. The lowest BCUT2D eigenvalue weighted by molar-refractivity contribution is 0.0954. The van der Waals surface area contributed by atoms with Crippen LogP contribution < -0.4 is 5.32 Å². The van der Waals surface area contributed by atoms with Crippen molar-refractivity contribution in [3.63, 3.8) is 0 Å². The maximum Gasteiger partial charge on any atom is 0.252 e. The molecule has 0 aliphatic carbocycles. The summed E-state index contributed by atoms with van der Waals surface area (Å²) in [5.74, 6) is -0.0110. The highest BCUT2D eigenvalue weighted by atomic mass is 127. The van der Waals surface area contributed by atoms with E-state index in [1.165, 1.54) is 5.56 Å². The Morgan fingerprint density at radius 2 is 2.06 bits per heavy atom. The summed E-state index contributed by atoms with van der Waals surface area (Å²) in [5, 5.41) is 5.51. The number of nitrogens with one attached hydrogen (secondary N) is 1. The number of carbonyl (C=O) groups is 1. The van der Waals surface area contributed by atoms with Gasteiger partial charge in [-0.2, -0.15) is 0 Å². The fraction of sp³-hybridized carbons (Fsp3) is 0.154. The van der Waals surface area contributed by atoms with Crippen molar-refractivity contribution in [1.82, 2.24) is 5.32 Å². The number of hydrogen-bond acceptors (Lipinski definition) is 2. The van der Waals surface area contributed by atoms with Gasteiger partial charge in [-0.1, -0.05) is 23.7 Å². The summed E-state index contributed by atoms with van der Waals surface area (Å²) < 4.78 is 1.12. The Kier molecular flexibility index (Phi) is 5.03. The lowest BCUT2D eigenvalue weighted by Gasteiger charge is -2.04. The van der Waals surface area contributed by atoms with Gasteiger partial charge in [0.25, 0.3) is 5.91 Å². The molecule has 2 nitrogen and oxygen atoms in total. The second-order valence-corrected chi connectivity index (χ2v) is 7.01. The van der Waals surface area contributed by atoms with Gasteiger partial charge in [0.15, 0.2) is 0 Å². The molecule has 1 aromatic carbocycles. The number of benzene rings is 1. The van der Waals surface area contributed by atoms with E-state index in [2.05, 4.69) is 27.9 Å². The molecule has 2 rings (SSSR count). The molecule has 0 bridgehead atoms. The second kappa shape index (κ2) is 6.54. The Hall–Kier alpha value is -0.590. The van der Waals surface area contributed by atoms with Gasteiger partial charge in [-0.15, -0.1) is 11.3 Å². The molecular weight excluding hydrogens is 381 g/mol. The smallest absolute Gasteiger partial charge is 0.252 e. The monoisotopic (exact) mass is 391 g/mol. The molecule has 2 aromatic rings. The summed E-state index contributed by atoms with van der Waals surface area (Å²) in [6.07, 6.45) is 0.810. The summed E-state index contributed by atoms with van der Waals surface area (Å²) in [5.41, 5.74) is 1.90. The molecule has 0 unspecified atom stereocenters. The first-order chi connectivity index (χ1) is 8.65. The Morgan fingerprint density at radius 1 is 1.33 bits per heavy atom. The van der Waals surface area contributed by atoms with Gasteiger partial charge in [-0.25, -0.2) is 0 Å².